The molecule has 7 nitrogen and oxygen atoms in total. The van der Waals surface area contributed by atoms with Crippen molar-refractivity contribution >= 4 is 12.0 Å². The molecule has 1 aromatic carbocycles. The molecule has 168 valence electrons. The number of ether oxygens (including phenoxy) is 2. The molecule has 2 aromatic rings. The standard InChI is InChI=1S/C23H30FN3O4/c1-14(2)10-16(31-22(29)27-23(3,4)5)13-30-15-6-7-18(20(24)11-15)17-8-9-26-12-19(17)21(25)28/h6-9,11-12,14,16H,10,13H2,1-5H3,(H2,25,28)(H,27,29). The Kier molecular flexibility index (Phi) is 7.96. The van der Waals surface area contributed by atoms with Crippen LogP contribution in [0.15, 0.2) is 36.7 Å². The highest BCUT2D eigenvalue weighted by atomic mass is 19.1. The number of alkyl carbamates (subject to hydrolysis) is 1. The van der Waals surface area contributed by atoms with Gasteiger partial charge in [-0.15, -0.1) is 0 Å². The Hall–Kier alpha value is -3.16. The Balaban J connectivity index is 2.12. The number of nitrogens with one attached hydrogen (secondary N) is 1. The second-order valence-corrected chi connectivity index (χ2v) is 8.77. The smallest absolute Gasteiger partial charge is 0.407 e. The number of hydrogen-bond donors (Lipinski definition) is 2. The summed E-state index contributed by atoms with van der Waals surface area (Å²) >= 11 is 0. The number of aromatic nitrogens is 1. The van der Waals surface area contributed by atoms with E-state index in [0.29, 0.717) is 12.0 Å². The zero-order valence-electron chi connectivity index (χ0n) is 18.6. The molecule has 0 bridgehead atoms. The van der Waals surface area contributed by atoms with Crippen molar-refractivity contribution in [2.24, 2.45) is 11.7 Å². The van der Waals surface area contributed by atoms with Crippen LogP contribution in [-0.4, -0.2) is 35.2 Å². The molecule has 0 aliphatic carbocycles. The number of pyridine rings is 1. The number of carbonyl (C=O) groups is 2. The van der Waals surface area contributed by atoms with E-state index in [4.69, 9.17) is 15.2 Å². The number of nitrogens with two attached hydrogens (primary N) is 1. The number of amides is 2. The first-order valence-corrected chi connectivity index (χ1v) is 10.1. The fourth-order valence-corrected chi connectivity index (χ4v) is 2.98. The molecular weight excluding hydrogens is 401 g/mol. The Labute approximate surface area is 182 Å². The van der Waals surface area contributed by atoms with E-state index in [-0.39, 0.29) is 29.4 Å². The fourth-order valence-electron chi connectivity index (χ4n) is 2.98. The predicted molar refractivity (Wildman–Crippen MR) is 116 cm³/mol. The van der Waals surface area contributed by atoms with Gasteiger partial charge < -0.3 is 20.5 Å². The van der Waals surface area contributed by atoms with Crippen LogP contribution < -0.4 is 15.8 Å². The van der Waals surface area contributed by atoms with Gasteiger partial charge in [0.2, 0.25) is 0 Å². The highest BCUT2D eigenvalue weighted by molar-refractivity contribution is 5.99. The minimum Gasteiger partial charge on any atom is -0.490 e. The number of nitrogens with zero attached hydrogens (tertiary/aromatic N) is 1. The summed E-state index contributed by atoms with van der Waals surface area (Å²) in [7, 11) is 0. The molecule has 8 heteroatoms. The van der Waals surface area contributed by atoms with Crippen LogP contribution in [0, 0.1) is 11.7 Å². The van der Waals surface area contributed by atoms with E-state index >= 15 is 0 Å². The molecule has 0 radical (unpaired) electrons. The van der Waals surface area contributed by atoms with Crippen LogP contribution in [0.3, 0.4) is 0 Å². The second-order valence-electron chi connectivity index (χ2n) is 8.77. The highest BCUT2D eigenvalue weighted by Crippen LogP contribution is 2.28. The van der Waals surface area contributed by atoms with Gasteiger partial charge in [-0.3, -0.25) is 9.78 Å². The molecule has 0 fully saturated rings. The Bertz CT molecular complexity index is 925. The summed E-state index contributed by atoms with van der Waals surface area (Å²) in [6.07, 6.45) is 2.34. The molecule has 1 heterocycles. The number of halogens is 1. The third kappa shape index (κ3) is 7.55. The van der Waals surface area contributed by atoms with E-state index in [9.17, 15) is 14.0 Å². The monoisotopic (exact) mass is 431 g/mol. The lowest BCUT2D eigenvalue weighted by Gasteiger charge is -2.24. The van der Waals surface area contributed by atoms with Gasteiger partial charge in [0.05, 0.1) is 5.56 Å². The molecule has 2 rings (SSSR count). The normalized spacial score (nSPS) is 12.4. The molecule has 0 spiro atoms. The Morgan fingerprint density at radius 1 is 1.19 bits per heavy atom. The molecule has 1 aromatic heterocycles. The first kappa shape index (κ1) is 24.1. The molecule has 3 N–H and O–H groups in total. The van der Waals surface area contributed by atoms with Gasteiger partial charge in [0.1, 0.15) is 24.3 Å². The van der Waals surface area contributed by atoms with Gasteiger partial charge in [-0.05, 0) is 51.3 Å². The van der Waals surface area contributed by atoms with Crippen molar-refractivity contribution in [1.82, 2.24) is 10.3 Å². The van der Waals surface area contributed by atoms with E-state index in [2.05, 4.69) is 10.3 Å². The summed E-state index contributed by atoms with van der Waals surface area (Å²) in [5.41, 5.74) is 5.63. The lowest BCUT2D eigenvalue weighted by Crippen LogP contribution is -2.43. The maximum absolute atomic E-state index is 14.8. The van der Waals surface area contributed by atoms with Crippen LogP contribution in [0.1, 0.15) is 51.4 Å². The van der Waals surface area contributed by atoms with Crippen molar-refractivity contribution in [1.29, 1.82) is 0 Å². The molecule has 0 saturated heterocycles. The molecule has 0 aliphatic rings. The van der Waals surface area contributed by atoms with Crippen molar-refractivity contribution in [2.75, 3.05) is 6.61 Å². The molecule has 1 unspecified atom stereocenters. The first-order valence-electron chi connectivity index (χ1n) is 10.1. The summed E-state index contributed by atoms with van der Waals surface area (Å²) in [5.74, 6) is -0.707. The summed E-state index contributed by atoms with van der Waals surface area (Å²) in [4.78, 5) is 27.6. The topological polar surface area (TPSA) is 104 Å². The zero-order valence-corrected chi connectivity index (χ0v) is 18.6. The first-order chi connectivity index (χ1) is 14.5. The van der Waals surface area contributed by atoms with Gasteiger partial charge in [0.15, 0.2) is 0 Å². The number of hydrogen-bond acceptors (Lipinski definition) is 5. The number of benzene rings is 1. The Morgan fingerprint density at radius 2 is 1.90 bits per heavy atom. The molecule has 0 saturated carbocycles. The summed E-state index contributed by atoms with van der Waals surface area (Å²) in [6, 6.07) is 5.85. The van der Waals surface area contributed by atoms with Crippen molar-refractivity contribution in [3.63, 3.8) is 0 Å². The maximum atomic E-state index is 14.8. The van der Waals surface area contributed by atoms with Gasteiger partial charge in [-0.25, -0.2) is 9.18 Å². The molecule has 31 heavy (non-hydrogen) atoms. The van der Waals surface area contributed by atoms with E-state index < -0.39 is 29.5 Å². The minimum atomic E-state index is -0.690. The van der Waals surface area contributed by atoms with Crippen molar-refractivity contribution in [3.8, 4) is 16.9 Å². The van der Waals surface area contributed by atoms with Gasteiger partial charge in [-0.2, -0.15) is 0 Å². The summed E-state index contributed by atoms with van der Waals surface area (Å²) in [6.45, 7) is 9.68. The van der Waals surface area contributed by atoms with Gasteiger partial charge >= 0.3 is 6.09 Å². The average molecular weight is 432 g/mol. The number of primary amides is 1. The van der Waals surface area contributed by atoms with Crippen molar-refractivity contribution in [2.45, 2.75) is 52.7 Å². The fraction of sp³-hybridized carbons (Fsp3) is 0.435. The molecule has 2 amide bonds. The third-order valence-electron chi connectivity index (χ3n) is 4.24. The van der Waals surface area contributed by atoms with Gasteiger partial charge in [0, 0.05) is 35.1 Å². The lowest BCUT2D eigenvalue weighted by molar-refractivity contribution is 0.0491. The minimum absolute atomic E-state index is 0.0797. The van der Waals surface area contributed by atoms with E-state index in [1.165, 1.54) is 30.6 Å². The van der Waals surface area contributed by atoms with Crippen LogP contribution in [0.4, 0.5) is 9.18 Å². The van der Waals surface area contributed by atoms with Crippen molar-refractivity contribution < 1.29 is 23.5 Å². The number of carbonyl (C=O) groups excluding carboxylic acids is 2. The summed E-state index contributed by atoms with van der Waals surface area (Å²) < 4.78 is 26.0. The SMILES string of the molecule is CC(C)CC(COc1ccc(-c2ccncc2C(N)=O)c(F)c1)OC(=O)NC(C)(C)C. The van der Waals surface area contributed by atoms with Crippen LogP contribution in [-0.2, 0) is 4.74 Å². The van der Waals surface area contributed by atoms with E-state index in [1.54, 1.807) is 6.07 Å². The van der Waals surface area contributed by atoms with Crippen LogP contribution in [0.25, 0.3) is 11.1 Å². The zero-order chi connectivity index (χ0) is 23.2. The maximum Gasteiger partial charge on any atom is 0.407 e. The van der Waals surface area contributed by atoms with E-state index in [1.807, 2.05) is 34.6 Å². The van der Waals surface area contributed by atoms with E-state index in [0.717, 1.165) is 0 Å². The average Bonchev–Trinajstić information content (AvgIpc) is 2.64. The van der Waals surface area contributed by atoms with Gasteiger partial charge in [0.25, 0.3) is 5.91 Å². The number of rotatable bonds is 8. The highest BCUT2D eigenvalue weighted by Gasteiger charge is 2.21. The van der Waals surface area contributed by atoms with Crippen LogP contribution in [0.2, 0.25) is 0 Å². The largest absolute Gasteiger partial charge is 0.490 e. The quantitative estimate of drug-likeness (QED) is 0.648. The lowest BCUT2D eigenvalue weighted by atomic mass is 10.0. The molecule has 1 atom stereocenters. The second kappa shape index (κ2) is 10.2. The predicted octanol–water partition coefficient (Wildman–Crippen LogP) is 4.30. The molecular formula is C23H30FN3O4. The van der Waals surface area contributed by atoms with Crippen LogP contribution in [0.5, 0.6) is 5.75 Å². The van der Waals surface area contributed by atoms with Crippen molar-refractivity contribution in [3.05, 3.63) is 48.0 Å². The molecule has 0 aliphatic heterocycles. The van der Waals surface area contributed by atoms with Gasteiger partial charge in [-0.1, -0.05) is 13.8 Å². The van der Waals surface area contributed by atoms with Crippen LogP contribution >= 0.6 is 0 Å². The third-order valence-corrected chi connectivity index (χ3v) is 4.24. The summed E-state index contributed by atoms with van der Waals surface area (Å²) in [5, 5.41) is 2.75. The Morgan fingerprint density at radius 3 is 2.48 bits per heavy atom.